The SMILES string of the molecule is O=C(CC[NH+]1CCCC1)NCC1(c2ccccc2)CCCC1. The Morgan fingerprint density at radius 3 is 2.41 bits per heavy atom. The molecule has 120 valence electrons. The van der Waals surface area contributed by atoms with E-state index in [1.807, 2.05) is 0 Å². The average Bonchev–Trinajstić information content (AvgIpc) is 3.24. The molecule has 0 bridgehead atoms. The third-order valence-electron chi connectivity index (χ3n) is 5.59. The van der Waals surface area contributed by atoms with Crippen LogP contribution >= 0.6 is 0 Å². The van der Waals surface area contributed by atoms with Crippen LogP contribution in [-0.2, 0) is 10.2 Å². The molecule has 2 fully saturated rings. The van der Waals surface area contributed by atoms with Crippen LogP contribution in [0.3, 0.4) is 0 Å². The standard InChI is InChI=1S/C19H28N2O/c22-18(10-15-21-13-6-7-14-21)20-16-19(11-4-5-12-19)17-8-2-1-3-9-17/h1-3,8-9H,4-7,10-16H2,(H,20,22)/p+1. The molecular weight excluding hydrogens is 272 g/mol. The Labute approximate surface area is 134 Å². The zero-order chi connectivity index (χ0) is 15.3. The van der Waals surface area contributed by atoms with Crippen LogP contribution in [0.2, 0.25) is 0 Å². The number of likely N-dealkylation sites (tertiary alicyclic amines) is 1. The summed E-state index contributed by atoms with van der Waals surface area (Å²) in [6.45, 7) is 4.32. The molecule has 2 N–H and O–H groups in total. The molecule has 1 saturated heterocycles. The van der Waals surface area contributed by atoms with Crippen molar-refractivity contribution in [1.29, 1.82) is 0 Å². The molecule has 1 saturated carbocycles. The lowest BCUT2D eigenvalue weighted by Crippen LogP contribution is -3.10. The van der Waals surface area contributed by atoms with Gasteiger partial charge in [0.25, 0.3) is 0 Å². The molecule has 0 unspecified atom stereocenters. The van der Waals surface area contributed by atoms with Crippen molar-refractivity contribution in [2.45, 2.75) is 50.4 Å². The topological polar surface area (TPSA) is 33.5 Å². The van der Waals surface area contributed by atoms with Gasteiger partial charge in [0.15, 0.2) is 0 Å². The summed E-state index contributed by atoms with van der Waals surface area (Å²) >= 11 is 0. The highest BCUT2D eigenvalue weighted by Crippen LogP contribution is 2.40. The van der Waals surface area contributed by atoms with Crippen molar-refractivity contribution in [1.82, 2.24) is 5.32 Å². The third kappa shape index (κ3) is 3.70. The second-order valence-electron chi connectivity index (χ2n) is 7.09. The predicted octanol–water partition coefficient (Wildman–Crippen LogP) is 1.68. The molecule has 0 atom stereocenters. The molecule has 1 aromatic rings. The molecule has 1 heterocycles. The lowest BCUT2D eigenvalue weighted by molar-refractivity contribution is -0.886. The van der Waals surface area contributed by atoms with E-state index in [1.165, 1.54) is 57.2 Å². The Bertz CT molecular complexity index is 473. The molecule has 0 spiro atoms. The van der Waals surface area contributed by atoms with Crippen molar-refractivity contribution in [3.63, 3.8) is 0 Å². The predicted molar refractivity (Wildman–Crippen MR) is 89.0 cm³/mol. The first-order valence-corrected chi connectivity index (χ1v) is 8.94. The van der Waals surface area contributed by atoms with Crippen LogP contribution in [0.15, 0.2) is 30.3 Å². The third-order valence-corrected chi connectivity index (χ3v) is 5.59. The number of benzene rings is 1. The molecule has 2 aliphatic rings. The number of rotatable bonds is 6. The summed E-state index contributed by atoms with van der Waals surface area (Å²) in [4.78, 5) is 13.8. The number of carbonyl (C=O) groups is 1. The van der Waals surface area contributed by atoms with E-state index in [2.05, 4.69) is 35.6 Å². The van der Waals surface area contributed by atoms with Crippen LogP contribution < -0.4 is 10.2 Å². The van der Waals surface area contributed by atoms with Crippen molar-refractivity contribution < 1.29 is 9.69 Å². The maximum Gasteiger partial charge on any atom is 0.225 e. The number of hydrogen-bond acceptors (Lipinski definition) is 1. The molecule has 1 aliphatic carbocycles. The minimum Gasteiger partial charge on any atom is -0.355 e. The van der Waals surface area contributed by atoms with Gasteiger partial charge in [-0.3, -0.25) is 4.79 Å². The molecule has 1 aliphatic heterocycles. The van der Waals surface area contributed by atoms with E-state index in [0.29, 0.717) is 6.42 Å². The molecule has 0 radical (unpaired) electrons. The van der Waals surface area contributed by atoms with Gasteiger partial charge >= 0.3 is 0 Å². The minimum atomic E-state index is 0.178. The maximum atomic E-state index is 12.2. The van der Waals surface area contributed by atoms with E-state index in [4.69, 9.17) is 0 Å². The summed E-state index contributed by atoms with van der Waals surface area (Å²) in [6.07, 6.45) is 8.30. The zero-order valence-electron chi connectivity index (χ0n) is 13.6. The van der Waals surface area contributed by atoms with Crippen LogP contribution in [0.4, 0.5) is 0 Å². The van der Waals surface area contributed by atoms with Gasteiger partial charge in [-0.25, -0.2) is 0 Å². The van der Waals surface area contributed by atoms with Gasteiger partial charge in [-0.15, -0.1) is 0 Å². The summed E-state index contributed by atoms with van der Waals surface area (Å²) in [6, 6.07) is 10.8. The fourth-order valence-corrected chi connectivity index (χ4v) is 4.18. The highest BCUT2D eigenvalue weighted by Gasteiger charge is 2.35. The summed E-state index contributed by atoms with van der Waals surface area (Å²) in [5, 5.41) is 3.24. The number of nitrogens with one attached hydrogen (secondary N) is 2. The fourth-order valence-electron chi connectivity index (χ4n) is 4.18. The van der Waals surface area contributed by atoms with E-state index in [0.717, 1.165) is 13.1 Å². The second kappa shape index (κ2) is 7.28. The smallest absolute Gasteiger partial charge is 0.225 e. The first-order valence-electron chi connectivity index (χ1n) is 8.94. The summed E-state index contributed by atoms with van der Waals surface area (Å²) in [7, 11) is 0. The van der Waals surface area contributed by atoms with Gasteiger partial charge in [-0.2, -0.15) is 0 Å². The van der Waals surface area contributed by atoms with Crippen molar-refractivity contribution in [3.8, 4) is 0 Å². The Kier molecular flexibility index (Phi) is 5.14. The number of amides is 1. The maximum absolute atomic E-state index is 12.2. The molecule has 0 aromatic heterocycles. The van der Waals surface area contributed by atoms with Crippen molar-refractivity contribution in [2.75, 3.05) is 26.2 Å². The van der Waals surface area contributed by atoms with E-state index >= 15 is 0 Å². The van der Waals surface area contributed by atoms with Gasteiger partial charge < -0.3 is 10.2 Å². The fraction of sp³-hybridized carbons (Fsp3) is 0.632. The summed E-state index contributed by atoms with van der Waals surface area (Å²) < 4.78 is 0. The van der Waals surface area contributed by atoms with Gasteiger partial charge in [-0.05, 0) is 18.4 Å². The Balaban J connectivity index is 1.52. The molecule has 3 rings (SSSR count). The van der Waals surface area contributed by atoms with E-state index in [9.17, 15) is 4.79 Å². The first-order chi connectivity index (χ1) is 10.8. The molecule has 1 amide bonds. The normalized spacial score (nSPS) is 21.1. The van der Waals surface area contributed by atoms with Gasteiger partial charge in [0.2, 0.25) is 5.91 Å². The number of carbonyl (C=O) groups excluding carboxylic acids is 1. The van der Waals surface area contributed by atoms with Gasteiger partial charge in [0.1, 0.15) is 0 Å². The van der Waals surface area contributed by atoms with Crippen molar-refractivity contribution in [2.24, 2.45) is 0 Å². The van der Waals surface area contributed by atoms with Crippen LogP contribution in [0.1, 0.15) is 50.5 Å². The monoisotopic (exact) mass is 301 g/mol. The van der Waals surface area contributed by atoms with E-state index in [-0.39, 0.29) is 11.3 Å². The number of hydrogen-bond donors (Lipinski definition) is 2. The summed E-state index contributed by atoms with van der Waals surface area (Å²) in [5.41, 5.74) is 1.58. The Morgan fingerprint density at radius 1 is 1.05 bits per heavy atom. The quantitative estimate of drug-likeness (QED) is 0.823. The number of quaternary nitrogens is 1. The van der Waals surface area contributed by atoms with Crippen LogP contribution in [0.5, 0.6) is 0 Å². The van der Waals surface area contributed by atoms with Crippen molar-refractivity contribution in [3.05, 3.63) is 35.9 Å². The highest BCUT2D eigenvalue weighted by atomic mass is 16.1. The lowest BCUT2D eigenvalue weighted by Gasteiger charge is -2.30. The van der Waals surface area contributed by atoms with Crippen LogP contribution in [0.25, 0.3) is 0 Å². The molecule has 22 heavy (non-hydrogen) atoms. The van der Waals surface area contributed by atoms with Crippen LogP contribution in [0, 0.1) is 0 Å². The van der Waals surface area contributed by atoms with Gasteiger partial charge in [0, 0.05) is 24.8 Å². The lowest BCUT2D eigenvalue weighted by atomic mass is 9.79. The summed E-state index contributed by atoms with van der Waals surface area (Å²) in [5.74, 6) is 0.238. The van der Waals surface area contributed by atoms with E-state index in [1.54, 1.807) is 4.90 Å². The second-order valence-corrected chi connectivity index (χ2v) is 7.09. The molecular formula is C19H29N2O+. The minimum absolute atomic E-state index is 0.178. The van der Waals surface area contributed by atoms with Crippen molar-refractivity contribution >= 4 is 5.91 Å². The molecule has 3 nitrogen and oxygen atoms in total. The van der Waals surface area contributed by atoms with E-state index < -0.39 is 0 Å². The Morgan fingerprint density at radius 2 is 1.73 bits per heavy atom. The zero-order valence-corrected chi connectivity index (χ0v) is 13.6. The average molecular weight is 301 g/mol. The van der Waals surface area contributed by atoms with Gasteiger partial charge in [-0.1, -0.05) is 43.2 Å². The van der Waals surface area contributed by atoms with Gasteiger partial charge in [0.05, 0.1) is 26.1 Å². The highest BCUT2D eigenvalue weighted by molar-refractivity contribution is 5.76. The largest absolute Gasteiger partial charge is 0.355 e. The Hall–Kier alpha value is -1.35. The molecule has 1 aromatic carbocycles. The molecule has 3 heteroatoms. The first kappa shape index (κ1) is 15.5. The van der Waals surface area contributed by atoms with Crippen LogP contribution in [-0.4, -0.2) is 32.1 Å².